The molecule has 2 aromatic heterocycles. The molecule has 2 unspecified atom stereocenters. The van der Waals surface area contributed by atoms with Crippen molar-refractivity contribution in [2.75, 3.05) is 44.7 Å². The number of phenols is 1. The molecular weight excluding hydrogens is 757 g/mol. The molecule has 19 heteroatoms. The number of fused-ring (bicyclic) bond motifs is 4. The van der Waals surface area contributed by atoms with Crippen LogP contribution in [0, 0.1) is 23.7 Å². The molecule has 3 fully saturated rings. The van der Waals surface area contributed by atoms with Crippen molar-refractivity contribution in [2.45, 2.75) is 56.9 Å². The molecule has 7 rings (SSSR count). The van der Waals surface area contributed by atoms with E-state index in [-0.39, 0.29) is 34.4 Å². The number of carbonyl (C=O) groups is 2. The van der Waals surface area contributed by atoms with E-state index in [1.165, 1.54) is 0 Å². The first-order chi connectivity index (χ1) is 26.3. The quantitative estimate of drug-likeness (QED) is 0.127. The minimum atomic E-state index is -5.08. The number of aromatic nitrogens is 3. The molecule has 2 aliphatic heterocycles. The Morgan fingerprint density at radius 3 is 2.34 bits per heavy atom. The molecule has 4 heterocycles. The van der Waals surface area contributed by atoms with Crippen molar-refractivity contribution in [1.29, 1.82) is 0 Å². The average molecular weight is 795 g/mol. The summed E-state index contributed by atoms with van der Waals surface area (Å²) in [5.74, 6) is -4.86. The lowest BCUT2D eigenvalue weighted by atomic mass is 9.79. The second-order valence-corrected chi connectivity index (χ2v) is 14.0. The van der Waals surface area contributed by atoms with Gasteiger partial charge in [-0.15, -0.1) is 0 Å². The van der Waals surface area contributed by atoms with E-state index in [2.05, 4.69) is 31.7 Å². The number of hydrogen-bond donors (Lipinski definition) is 3. The molecule has 1 saturated carbocycles. The van der Waals surface area contributed by atoms with Crippen molar-refractivity contribution in [3.05, 3.63) is 59.8 Å². The lowest BCUT2D eigenvalue weighted by molar-refractivity contribution is -0.193. The van der Waals surface area contributed by atoms with Crippen molar-refractivity contribution in [2.24, 2.45) is 11.3 Å². The molecule has 2 bridgehead atoms. The Morgan fingerprint density at radius 1 is 1.04 bits per heavy atom. The summed E-state index contributed by atoms with van der Waals surface area (Å²) in [5.41, 5.74) is 0.882. The summed E-state index contributed by atoms with van der Waals surface area (Å²) in [5, 5.41) is 26.8. The van der Waals surface area contributed by atoms with E-state index in [1.807, 2.05) is 24.3 Å². The number of piperidine rings is 1. The van der Waals surface area contributed by atoms with Gasteiger partial charge in [-0.05, 0) is 79.9 Å². The summed E-state index contributed by atoms with van der Waals surface area (Å²) in [6.45, 7) is 11.0. The van der Waals surface area contributed by atoms with E-state index < -0.39 is 30.1 Å². The van der Waals surface area contributed by atoms with Gasteiger partial charge in [0, 0.05) is 37.3 Å². The molecule has 12 nitrogen and oxygen atoms in total. The number of nitrogens with zero attached hydrogens (tertiary/aromatic N) is 6. The standard InChI is InChI=1S/C33H35FN6O2.2C2HF3O2/c1-35-12-11-33-10-9-21(16-33)18-40(20-33)31-27-17-36-29(26-15-24(41)14-22-6-3-4-8-25(22)26)28(34)30(27)37-32(38-31)42-19-23-7-5-13-39(23)2;2*3-2(4,5)1(6)7/h3-4,6,8,14-15,17,21,23,41H,5,7,9-13,16,18-20H2,2H3;2*(H,6,7)/t21?,23-,33?;;/m0../s1. The van der Waals surface area contributed by atoms with Crippen LogP contribution in [0.4, 0.5) is 36.6 Å². The van der Waals surface area contributed by atoms with Crippen molar-refractivity contribution in [3.8, 4) is 23.0 Å². The molecule has 3 aliphatic rings. The third-order valence-electron chi connectivity index (χ3n) is 10.2. The highest BCUT2D eigenvalue weighted by Crippen LogP contribution is 2.50. The maximum Gasteiger partial charge on any atom is 0.490 e. The number of hydrogen-bond acceptors (Lipinski definition) is 9. The van der Waals surface area contributed by atoms with Crippen LogP contribution in [-0.2, 0) is 9.59 Å². The molecule has 0 amide bonds. The predicted molar refractivity (Wildman–Crippen MR) is 188 cm³/mol. The first-order valence-corrected chi connectivity index (χ1v) is 17.4. The highest BCUT2D eigenvalue weighted by molar-refractivity contribution is 6.00. The molecule has 56 heavy (non-hydrogen) atoms. The number of ether oxygens (including phenoxy) is 1. The summed E-state index contributed by atoms with van der Waals surface area (Å²) in [6.07, 6.45) is -2.11. The third-order valence-corrected chi connectivity index (χ3v) is 10.2. The topological polar surface area (TPSA) is 154 Å². The van der Waals surface area contributed by atoms with Gasteiger partial charge in [-0.1, -0.05) is 24.3 Å². The van der Waals surface area contributed by atoms with Gasteiger partial charge in [0.1, 0.15) is 29.4 Å². The zero-order chi connectivity index (χ0) is 41.0. The van der Waals surface area contributed by atoms with E-state index >= 15 is 4.39 Å². The SMILES string of the molecule is O=C(O)C(F)(F)F.O=C(O)C(F)(F)F.[C-]#[N+]CCC12CCC(CN(c3nc(OC[C@@H]4CCCN4C)nc4c(F)c(-c5cc(O)cc6ccccc56)ncc34)C1)C2. The van der Waals surface area contributed by atoms with Crippen LogP contribution >= 0.6 is 0 Å². The second kappa shape index (κ2) is 16.7. The fraction of sp³-hybridized carbons (Fsp3) is 0.459. The van der Waals surface area contributed by atoms with Crippen molar-refractivity contribution >= 4 is 39.4 Å². The fourth-order valence-corrected chi connectivity index (χ4v) is 7.53. The third kappa shape index (κ3) is 9.64. The van der Waals surface area contributed by atoms with Gasteiger partial charge in [-0.2, -0.15) is 36.3 Å². The lowest BCUT2D eigenvalue weighted by Crippen LogP contribution is -2.43. The van der Waals surface area contributed by atoms with Crippen LogP contribution in [0.15, 0.2) is 42.6 Å². The van der Waals surface area contributed by atoms with E-state index in [9.17, 15) is 31.4 Å². The maximum absolute atomic E-state index is 16.6. The van der Waals surface area contributed by atoms with Gasteiger partial charge < -0.3 is 34.7 Å². The highest BCUT2D eigenvalue weighted by Gasteiger charge is 2.46. The summed E-state index contributed by atoms with van der Waals surface area (Å²) >= 11 is 0. The predicted octanol–water partition coefficient (Wildman–Crippen LogP) is 7.35. The van der Waals surface area contributed by atoms with Crippen LogP contribution in [0.5, 0.6) is 11.8 Å². The van der Waals surface area contributed by atoms with E-state index in [4.69, 9.17) is 36.1 Å². The van der Waals surface area contributed by atoms with Crippen LogP contribution in [0.1, 0.15) is 38.5 Å². The summed E-state index contributed by atoms with van der Waals surface area (Å²) in [7, 11) is 2.09. The zero-order valence-electron chi connectivity index (χ0n) is 29.9. The van der Waals surface area contributed by atoms with Crippen LogP contribution in [0.2, 0.25) is 0 Å². The zero-order valence-corrected chi connectivity index (χ0v) is 29.9. The lowest BCUT2D eigenvalue weighted by Gasteiger charge is -2.40. The fourth-order valence-electron chi connectivity index (χ4n) is 7.53. The molecular formula is C37H37F7N6O6. The van der Waals surface area contributed by atoms with Crippen molar-refractivity contribution < 1.29 is 60.4 Å². The van der Waals surface area contributed by atoms with Gasteiger partial charge in [0.15, 0.2) is 5.82 Å². The van der Waals surface area contributed by atoms with E-state index in [0.717, 1.165) is 68.9 Å². The molecule has 0 spiro atoms. The second-order valence-electron chi connectivity index (χ2n) is 14.0. The number of benzene rings is 2. The number of halogens is 7. The number of anilines is 1. The van der Waals surface area contributed by atoms with Crippen molar-refractivity contribution in [1.82, 2.24) is 19.9 Å². The highest BCUT2D eigenvalue weighted by atomic mass is 19.4. The first-order valence-electron chi connectivity index (χ1n) is 17.4. The number of likely N-dealkylation sites (tertiary alicyclic amines) is 1. The Labute approximate surface area is 315 Å². The number of phenolic OH excluding ortho intramolecular Hbond substituents is 1. The molecule has 3 N–H and O–H groups in total. The maximum atomic E-state index is 16.6. The number of aliphatic carboxylic acids is 2. The smallest absolute Gasteiger partial charge is 0.490 e. The van der Waals surface area contributed by atoms with Gasteiger partial charge >= 0.3 is 30.3 Å². The molecule has 0 radical (unpaired) electrons. The Morgan fingerprint density at radius 2 is 1.71 bits per heavy atom. The molecule has 1 aliphatic carbocycles. The Bertz CT molecular complexity index is 2100. The molecule has 2 aromatic carbocycles. The normalized spacial score (nSPS) is 20.8. The Kier molecular flexibility index (Phi) is 12.4. The molecule has 3 atom stereocenters. The largest absolute Gasteiger partial charge is 0.508 e. The van der Waals surface area contributed by atoms with Crippen LogP contribution < -0.4 is 9.64 Å². The van der Waals surface area contributed by atoms with Crippen molar-refractivity contribution in [3.63, 3.8) is 0 Å². The number of alkyl halides is 6. The minimum absolute atomic E-state index is 0.0478. The van der Waals surface area contributed by atoms with E-state index in [1.54, 1.807) is 18.3 Å². The van der Waals surface area contributed by atoms with Crippen LogP contribution in [0.3, 0.4) is 0 Å². The summed E-state index contributed by atoms with van der Waals surface area (Å²) < 4.78 is 86.3. The number of rotatable bonds is 7. The minimum Gasteiger partial charge on any atom is -0.508 e. The monoisotopic (exact) mass is 794 g/mol. The van der Waals surface area contributed by atoms with Gasteiger partial charge in [0.25, 0.3) is 0 Å². The van der Waals surface area contributed by atoms with Crippen LogP contribution in [0.25, 0.3) is 37.8 Å². The van der Waals surface area contributed by atoms with Gasteiger partial charge in [0.2, 0.25) is 6.54 Å². The number of aromatic hydroxyl groups is 1. The summed E-state index contributed by atoms with van der Waals surface area (Å²) in [4.78, 5) is 40.1. The molecule has 4 aromatic rings. The molecule has 2 saturated heterocycles. The van der Waals surface area contributed by atoms with Crippen LogP contribution in [-0.4, -0.2) is 105 Å². The average Bonchev–Trinajstić information content (AvgIpc) is 3.69. The van der Waals surface area contributed by atoms with Gasteiger partial charge in [-0.3, -0.25) is 4.98 Å². The number of carboxylic acid groups (broad SMARTS) is 2. The number of pyridine rings is 1. The first kappa shape index (κ1) is 41.6. The Balaban J connectivity index is 0.000000367. The van der Waals surface area contributed by atoms with Gasteiger partial charge in [-0.25, -0.2) is 20.6 Å². The summed E-state index contributed by atoms with van der Waals surface area (Å²) in [6, 6.07) is 11.2. The molecule has 300 valence electrons. The number of likely N-dealkylation sites (N-methyl/N-ethyl adjacent to an activating group) is 1. The Hall–Kier alpha value is -5.51. The number of carboxylic acids is 2. The van der Waals surface area contributed by atoms with E-state index in [0.29, 0.717) is 35.8 Å². The van der Waals surface area contributed by atoms with Gasteiger partial charge in [0.05, 0.1) is 5.39 Å².